The maximum absolute atomic E-state index is 5.94. The third-order valence-corrected chi connectivity index (χ3v) is 4.36. The van der Waals surface area contributed by atoms with E-state index in [-0.39, 0.29) is 6.04 Å². The first-order valence-corrected chi connectivity index (χ1v) is 7.96. The molecule has 0 radical (unpaired) electrons. The van der Waals surface area contributed by atoms with E-state index in [0.29, 0.717) is 6.54 Å². The Morgan fingerprint density at radius 1 is 0.952 bits per heavy atom. The topological polar surface area (TPSA) is 24.9 Å². The molecule has 2 nitrogen and oxygen atoms in total. The second-order valence-corrected chi connectivity index (χ2v) is 6.44. The molecule has 0 aliphatic rings. The molecule has 0 spiro atoms. The standard InChI is InChI=1S/C17H15ClN2S/c18-15-11-19-16(21-15)12-20-17(13-7-3-1-4-8-13)14-9-5-2-6-10-14/h1-11,17,20H,12H2. The fourth-order valence-corrected chi connectivity index (χ4v) is 3.19. The van der Waals surface area contributed by atoms with Crippen molar-refractivity contribution in [2.75, 3.05) is 0 Å². The largest absolute Gasteiger partial charge is 0.300 e. The van der Waals surface area contributed by atoms with Crippen LogP contribution in [0.2, 0.25) is 4.34 Å². The van der Waals surface area contributed by atoms with Crippen molar-refractivity contribution in [3.05, 3.63) is 87.3 Å². The van der Waals surface area contributed by atoms with Gasteiger partial charge in [0.1, 0.15) is 9.34 Å². The summed E-state index contributed by atoms with van der Waals surface area (Å²) in [5.74, 6) is 0. The number of aromatic nitrogens is 1. The highest BCUT2D eigenvalue weighted by Crippen LogP contribution is 2.24. The second-order valence-electron chi connectivity index (χ2n) is 4.69. The third-order valence-electron chi connectivity index (χ3n) is 3.25. The SMILES string of the molecule is Clc1cnc(CNC(c2ccccc2)c2ccccc2)s1. The molecule has 3 rings (SSSR count). The summed E-state index contributed by atoms with van der Waals surface area (Å²) in [5.41, 5.74) is 2.48. The summed E-state index contributed by atoms with van der Waals surface area (Å²) in [7, 11) is 0. The van der Waals surface area contributed by atoms with Crippen molar-refractivity contribution in [1.82, 2.24) is 10.3 Å². The predicted octanol–water partition coefficient (Wildman–Crippen LogP) is 4.68. The van der Waals surface area contributed by atoms with Gasteiger partial charge in [0.25, 0.3) is 0 Å². The minimum atomic E-state index is 0.148. The number of halogens is 1. The normalized spacial score (nSPS) is 11.0. The molecule has 21 heavy (non-hydrogen) atoms. The van der Waals surface area contributed by atoms with Gasteiger partial charge in [0, 0.05) is 6.54 Å². The van der Waals surface area contributed by atoms with E-state index in [2.05, 4.69) is 58.8 Å². The summed E-state index contributed by atoms with van der Waals surface area (Å²) < 4.78 is 0.725. The first-order valence-electron chi connectivity index (χ1n) is 6.76. The predicted molar refractivity (Wildman–Crippen MR) is 88.7 cm³/mol. The van der Waals surface area contributed by atoms with Gasteiger partial charge in [-0.2, -0.15) is 0 Å². The monoisotopic (exact) mass is 314 g/mol. The Kier molecular flexibility index (Phi) is 4.65. The van der Waals surface area contributed by atoms with Crippen LogP contribution in [0.1, 0.15) is 22.2 Å². The number of hydrogen-bond acceptors (Lipinski definition) is 3. The summed E-state index contributed by atoms with van der Waals surface area (Å²) in [4.78, 5) is 4.30. The fourth-order valence-electron chi connectivity index (χ4n) is 2.28. The molecule has 0 unspecified atom stereocenters. The van der Waals surface area contributed by atoms with Crippen LogP contribution < -0.4 is 5.32 Å². The molecule has 0 bridgehead atoms. The van der Waals surface area contributed by atoms with Crippen LogP contribution >= 0.6 is 22.9 Å². The van der Waals surface area contributed by atoms with Crippen LogP contribution in [0.15, 0.2) is 66.9 Å². The zero-order chi connectivity index (χ0) is 14.5. The van der Waals surface area contributed by atoms with E-state index in [1.807, 2.05) is 12.1 Å². The van der Waals surface area contributed by atoms with Crippen LogP contribution in [-0.2, 0) is 6.54 Å². The van der Waals surface area contributed by atoms with E-state index < -0.39 is 0 Å². The van der Waals surface area contributed by atoms with Gasteiger partial charge in [0.15, 0.2) is 0 Å². The lowest BCUT2D eigenvalue weighted by Gasteiger charge is -2.19. The van der Waals surface area contributed by atoms with E-state index in [4.69, 9.17) is 11.6 Å². The molecular formula is C17H15ClN2S. The number of rotatable bonds is 5. The number of thiazole rings is 1. The maximum Gasteiger partial charge on any atom is 0.113 e. The van der Waals surface area contributed by atoms with E-state index >= 15 is 0 Å². The molecule has 1 N–H and O–H groups in total. The summed E-state index contributed by atoms with van der Waals surface area (Å²) in [6.07, 6.45) is 1.70. The molecule has 0 saturated heterocycles. The Balaban J connectivity index is 1.83. The number of benzene rings is 2. The van der Waals surface area contributed by atoms with Crippen molar-refractivity contribution in [2.45, 2.75) is 12.6 Å². The lowest BCUT2D eigenvalue weighted by molar-refractivity contribution is 0.603. The van der Waals surface area contributed by atoms with E-state index in [1.165, 1.54) is 22.5 Å². The van der Waals surface area contributed by atoms with Gasteiger partial charge in [-0.15, -0.1) is 11.3 Å². The van der Waals surface area contributed by atoms with Gasteiger partial charge in [-0.3, -0.25) is 5.32 Å². The third kappa shape index (κ3) is 3.70. The quantitative estimate of drug-likeness (QED) is 0.740. The number of hydrogen-bond donors (Lipinski definition) is 1. The Morgan fingerprint density at radius 3 is 2.00 bits per heavy atom. The lowest BCUT2D eigenvalue weighted by atomic mass is 9.99. The highest BCUT2D eigenvalue weighted by Gasteiger charge is 2.13. The molecule has 0 aliphatic carbocycles. The van der Waals surface area contributed by atoms with Crippen LogP contribution in [0.25, 0.3) is 0 Å². The van der Waals surface area contributed by atoms with Gasteiger partial charge in [-0.25, -0.2) is 4.98 Å². The van der Waals surface area contributed by atoms with Gasteiger partial charge in [-0.1, -0.05) is 72.3 Å². The van der Waals surface area contributed by atoms with Gasteiger partial charge in [0.2, 0.25) is 0 Å². The summed E-state index contributed by atoms with van der Waals surface area (Å²) in [5, 5.41) is 4.57. The van der Waals surface area contributed by atoms with Crippen LogP contribution in [0.5, 0.6) is 0 Å². The molecule has 0 aliphatic heterocycles. The molecular weight excluding hydrogens is 300 g/mol. The van der Waals surface area contributed by atoms with Crippen molar-refractivity contribution in [3.63, 3.8) is 0 Å². The van der Waals surface area contributed by atoms with Crippen LogP contribution in [0.3, 0.4) is 0 Å². The zero-order valence-electron chi connectivity index (χ0n) is 11.4. The number of nitrogens with zero attached hydrogens (tertiary/aromatic N) is 1. The van der Waals surface area contributed by atoms with Gasteiger partial charge in [-0.05, 0) is 11.1 Å². The van der Waals surface area contributed by atoms with E-state index in [0.717, 1.165) is 9.34 Å². The Morgan fingerprint density at radius 2 is 1.52 bits per heavy atom. The van der Waals surface area contributed by atoms with E-state index in [9.17, 15) is 0 Å². The average molecular weight is 315 g/mol. The Labute approximate surface area is 133 Å². The van der Waals surface area contributed by atoms with Crippen LogP contribution in [0, 0.1) is 0 Å². The van der Waals surface area contributed by atoms with Crippen molar-refractivity contribution in [1.29, 1.82) is 0 Å². The second kappa shape index (κ2) is 6.85. The summed E-state index contributed by atoms with van der Waals surface area (Å²) >= 11 is 7.45. The highest BCUT2D eigenvalue weighted by molar-refractivity contribution is 7.15. The van der Waals surface area contributed by atoms with Crippen molar-refractivity contribution >= 4 is 22.9 Å². The van der Waals surface area contributed by atoms with Crippen molar-refractivity contribution in [3.8, 4) is 0 Å². The molecule has 106 valence electrons. The fraction of sp³-hybridized carbons (Fsp3) is 0.118. The average Bonchev–Trinajstić information content (AvgIpc) is 2.95. The molecule has 0 saturated carbocycles. The molecule has 3 aromatic rings. The summed E-state index contributed by atoms with van der Waals surface area (Å²) in [6.45, 7) is 0.700. The minimum Gasteiger partial charge on any atom is -0.300 e. The minimum absolute atomic E-state index is 0.148. The maximum atomic E-state index is 5.94. The molecule has 0 atom stereocenters. The molecule has 2 aromatic carbocycles. The smallest absolute Gasteiger partial charge is 0.113 e. The molecule has 0 amide bonds. The molecule has 4 heteroatoms. The summed E-state index contributed by atoms with van der Waals surface area (Å²) in [6, 6.07) is 21.0. The van der Waals surface area contributed by atoms with Crippen molar-refractivity contribution < 1.29 is 0 Å². The van der Waals surface area contributed by atoms with Gasteiger partial charge in [0.05, 0.1) is 12.2 Å². The Bertz CT molecular complexity index is 643. The van der Waals surface area contributed by atoms with Crippen LogP contribution in [-0.4, -0.2) is 4.98 Å². The highest BCUT2D eigenvalue weighted by atomic mass is 35.5. The Hall–Kier alpha value is -1.68. The number of nitrogens with one attached hydrogen (secondary N) is 1. The first kappa shape index (κ1) is 14.3. The van der Waals surface area contributed by atoms with Crippen molar-refractivity contribution in [2.24, 2.45) is 0 Å². The molecule has 0 fully saturated rings. The lowest BCUT2D eigenvalue weighted by Crippen LogP contribution is -2.21. The zero-order valence-corrected chi connectivity index (χ0v) is 12.9. The van der Waals surface area contributed by atoms with Gasteiger partial charge < -0.3 is 0 Å². The molecule has 1 aromatic heterocycles. The van der Waals surface area contributed by atoms with Crippen LogP contribution in [0.4, 0.5) is 0 Å². The van der Waals surface area contributed by atoms with Gasteiger partial charge >= 0.3 is 0 Å². The molecule has 1 heterocycles. The first-order chi connectivity index (χ1) is 10.3. The van der Waals surface area contributed by atoms with E-state index in [1.54, 1.807) is 6.20 Å².